The Morgan fingerprint density at radius 3 is 3.00 bits per heavy atom. The number of rotatable bonds is 5. The van der Waals surface area contributed by atoms with Crippen LogP contribution in [-0.2, 0) is 16.1 Å². The summed E-state index contributed by atoms with van der Waals surface area (Å²) in [5.41, 5.74) is 0.859. The Labute approximate surface area is 98.4 Å². The maximum atomic E-state index is 11.3. The fourth-order valence-electron chi connectivity index (χ4n) is 1.91. The molecule has 0 atom stereocenters. The van der Waals surface area contributed by atoms with Crippen molar-refractivity contribution in [3.05, 3.63) is 11.1 Å². The second kappa shape index (κ2) is 4.88. The van der Waals surface area contributed by atoms with Crippen LogP contribution in [0, 0.1) is 0 Å². The summed E-state index contributed by atoms with van der Waals surface area (Å²) < 4.78 is 8.52. The fourth-order valence-corrected chi connectivity index (χ4v) is 2.36. The molecule has 1 N–H and O–H groups in total. The third kappa shape index (κ3) is 2.56. The SMILES string of the molecule is COC(=O)CC1(NCc2csnn2)CCC1. The minimum atomic E-state index is -0.149. The van der Waals surface area contributed by atoms with E-state index in [1.54, 1.807) is 0 Å². The van der Waals surface area contributed by atoms with Gasteiger partial charge in [-0.25, -0.2) is 0 Å². The van der Waals surface area contributed by atoms with Gasteiger partial charge < -0.3 is 10.1 Å². The zero-order valence-corrected chi connectivity index (χ0v) is 10.0. The Bertz CT molecular complexity index is 349. The summed E-state index contributed by atoms with van der Waals surface area (Å²) in [4.78, 5) is 11.3. The molecule has 0 aromatic carbocycles. The average molecular weight is 241 g/mol. The number of ether oxygens (including phenoxy) is 1. The van der Waals surface area contributed by atoms with Crippen molar-refractivity contribution in [2.24, 2.45) is 0 Å². The zero-order valence-electron chi connectivity index (χ0n) is 9.23. The van der Waals surface area contributed by atoms with Crippen LogP contribution in [0.25, 0.3) is 0 Å². The van der Waals surface area contributed by atoms with E-state index < -0.39 is 0 Å². The number of aromatic nitrogens is 2. The Morgan fingerprint density at radius 2 is 2.50 bits per heavy atom. The van der Waals surface area contributed by atoms with Gasteiger partial charge >= 0.3 is 5.97 Å². The molecule has 0 unspecified atom stereocenters. The van der Waals surface area contributed by atoms with Crippen molar-refractivity contribution in [3.8, 4) is 0 Å². The molecule has 1 fully saturated rings. The van der Waals surface area contributed by atoms with Crippen LogP contribution in [0.4, 0.5) is 0 Å². The number of nitrogens with zero attached hydrogens (tertiary/aromatic N) is 2. The summed E-state index contributed by atoms with van der Waals surface area (Å²) in [6, 6.07) is 0. The second-order valence-corrected chi connectivity index (χ2v) is 4.75. The highest BCUT2D eigenvalue weighted by Gasteiger charge is 2.38. The number of methoxy groups -OCH3 is 1. The van der Waals surface area contributed by atoms with E-state index in [9.17, 15) is 4.79 Å². The number of hydrogen-bond donors (Lipinski definition) is 1. The predicted octanol–water partition coefficient (Wildman–Crippen LogP) is 1.11. The van der Waals surface area contributed by atoms with Gasteiger partial charge in [0.25, 0.3) is 0 Å². The molecule has 0 saturated heterocycles. The van der Waals surface area contributed by atoms with Crippen molar-refractivity contribution in [1.82, 2.24) is 14.9 Å². The molecule has 0 aliphatic heterocycles. The monoisotopic (exact) mass is 241 g/mol. The van der Waals surface area contributed by atoms with Crippen LogP contribution in [-0.4, -0.2) is 28.2 Å². The van der Waals surface area contributed by atoms with Crippen LogP contribution < -0.4 is 5.32 Å². The van der Waals surface area contributed by atoms with Crippen molar-refractivity contribution in [2.45, 2.75) is 37.8 Å². The van der Waals surface area contributed by atoms with Crippen LogP contribution in [0.15, 0.2) is 5.38 Å². The third-order valence-electron chi connectivity index (χ3n) is 3.07. The Hall–Kier alpha value is -1.01. The lowest BCUT2D eigenvalue weighted by Gasteiger charge is -2.41. The summed E-state index contributed by atoms with van der Waals surface area (Å²) in [5, 5.41) is 9.28. The molecule has 5 nitrogen and oxygen atoms in total. The molecule has 2 rings (SSSR count). The van der Waals surface area contributed by atoms with E-state index in [0.717, 1.165) is 18.5 Å². The van der Waals surface area contributed by atoms with Crippen molar-refractivity contribution < 1.29 is 9.53 Å². The van der Waals surface area contributed by atoms with Crippen LogP contribution in [0.3, 0.4) is 0 Å². The van der Waals surface area contributed by atoms with E-state index in [2.05, 4.69) is 14.9 Å². The van der Waals surface area contributed by atoms with Gasteiger partial charge in [-0.2, -0.15) is 0 Å². The Morgan fingerprint density at radius 1 is 1.69 bits per heavy atom. The summed E-state index contributed by atoms with van der Waals surface area (Å²) in [6.45, 7) is 0.674. The van der Waals surface area contributed by atoms with Crippen molar-refractivity contribution in [3.63, 3.8) is 0 Å². The van der Waals surface area contributed by atoms with E-state index in [1.807, 2.05) is 5.38 Å². The molecule has 0 spiro atoms. The number of nitrogens with one attached hydrogen (secondary N) is 1. The summed E-state index contributed by atoms with van der Waals surface area (Å²) >= 11 is 1.34. The fraction of sp³-hybridized carbons (Fsp3) is 0.700. The van der Waals surface area contributed by atoms with E-state index in [1.165, 1.54) is 25.1 Å². The largest absolute Gasteiger partial charge is 0.469 e. The lowest BCUT2D eigenvalue weighted by atomic mass is 9.74. The highest BCUT2D eigenvalue weighted by molar-refractivity contribution is 7.03. The van der Waals surface area contributed by atoms with Gasteiger partial charge in [-0.05, 0) is 30.8 Å². The van der Waals surface area contributed by atoms with Crippen LogP contribution in [0.5, 0.6) is 0 Å². The third-order valence-corrected chi connectivity index (χ3v) is 3.62. The summed E-state index contributed by atoms with van der Waals surface area (Å²) in [6.07, 6.45) is 3.67. The first-order valence-corrected chi connectivity index (χ1v) is 6.15. The molecule has 88 valence electrons. The smallest absolute Gasteiger partial charge is 0.307 e. The molecule has 0 radical (unpaired) electrons. The van der Waals surface area contributed by atoms with E-state index in [4.69, 9.17) is 4.74 Å². The van der Waals surface area contributed by atoms with Gasteiger partial charge in [-0.3, -0.25) is 4.79 Å². The van der Waals surface area contributed by atoms with Gasteiger partial charge in [0.05, 0.1) is 19.2 Å². The number of hydrogen-bond acceptors (Lipinski definition) is 6. The molecule has 1 aliphatic rings. The first-order valence-electron chi connectivity index (χ1n) is 5.32. The topological polar surface area (TPSA) is 64.1 Å². The number of carbonyl (C=O) groups is 1. The van der Waals surface area contributed by atoms with Gasteiger partial charge in [0.2, 0.25) is 0 Å². The van der Waals surface area contributed by atoms with Gasteiger partial charge in [0, 0.05) is 17.5 Å². The molecule has 1 aliphatic carbocycles. The minimum Gasteiger partial charge on any atom is -0.469 e. The molecule has 0 amide bonds. The van der Waals surface area contributed by atoms with E-state index in [0.29, 0.717) is 13.0 Å². The van der Waals surface area contributed by atoms with Crippen LogP contribution in [0.1, 0.15) is 31.4 Å². The molecule has 1 aromatic heterocycles. The molecular formula is C10H15N3O2S. The van der Waals surface area contributed by atoms with Gasteiger partial charge in [0.15, 0.2) is 0 Å². The Balaban J connectivity index is 1.87. The van der Waals surface area contributed by atoms with Gasteiger partial charge in [-0.1, -0.05) is 4.49 Å². The predicted molar refractivity (Wildman–Crippen MR) is 60.0 cm³/mol. The molecule has 1 aromatic rings. The van der Waals surface area contributed by atoms with Crippen LogP contribution in [0.2, 0.25) is 0 Å². The van der Waals surface area contributed by atoms with Crippen LogP contribution >= 0.6 is 11.5 Å². The second-order valence-electron chi connectivity index (χ2n) is 4.14. The highest BCUT2D eigenvalue weighted by atomic mass is 32.1. The zero-order chi connectivity index (χ0) is 11.4. The lowest BCUT2D eigenvalue weighted by Crippen LogP contribution is -2.52. The van der Waals surface area contributed by atoms with Crippen molar-refractivity contribution in [2.75, 3.05) is 7.11 Å². The van der Waals surface area contributed by atoms with E-state index in [-0.39, 0.29) is 11.5 Å². The maximum Gasteiger partial charge on any atom is 0.307 e. The van der Waals surface area contributed by atoms with Gasteiger partial charge in [-0.15, -0.1) is 5.10 Å². The van der Waals surface area contributed by atoms with Crippen molar-refractivity contribution in [1.29, 1.82) is 0 Å². The average Bonchev–Trinajstić information content (AvgIpc) is 2.74. The molecular weight excluding hydrogens is 226 g/mol. The summed E-state index contributed by atoms with van der Waals surface area (Å²) in [5.74, 6) is -0.149. The molecule has 6 heteroatoms. The molecule has 1 saturated carbocycles. The molecule has 16 heavy (non-hydrogen) atoms. The van der Waals surface area contributed by atoms with Crippen molar-refractivity contribution >= 4 is 17.5 Å². The first kappa shape index (κ1) is 11.5. The molecule has 0 bridgehead atoms. The highest BCUT2D eigenvalue weighted by Crippen LogP contribution is 2.35. The standard InChI is InChI=1S/C10H15N3O2S/c1-15-9(14)5-10(3-2-4-10)11-6-8-7-16-13-12-8/h7,11H,2-6H2,1H3. The minimum absolute atomic E-state index is 0.0727. The van der Waals surface area contributed by atoms with E-state index >= 15 is 0 Å². The quantitative estimate of drug-likeness (QED) is 0.782. The maximum absolute atomic E-state index is 11.3. The summed E-state index contributed by atoms with van der Waals surface area (Å²) in [7, 11) is 1.43. The lowest BCUT2D eigenvalue weighted by molar-refractivity contribution is -0.143. The first-order chi connectivity index (χ1) is 7.74. The number of carbonyl (C=O) groups excluding carboxylic acids is 1. The normalized spacial score (nSPS) is 17.8. The Kier molecular flexibility index (Phi) is 3.50. The molecule has 1 heterocycles. The van der Waals surface area contributed by atoms with Gasteiger partial charge in [0.1, 0.15) is 0 Å². The number of esters is 1.